The molecule has 0 aromatic heterocycles. The molecule has 1 rings (SSSR count). The first kappa shape index (κ1) is 9.88. The van der Waals surface area contributed by atoms with E-state index in [1.165, 1.54) is 0 Å². The van der Waals surface area contributed by atoms with Crippen LogP contribution >= 0.6 is 0 Å². The second kappa shape index (κ2) is 3.68. The average molecular weight is 177 g/mol. The molecule has 0 aromatic carbocycles. The number of rotatable bonds is 1. The van der Waals surface area contributed by atoms with Gasteiger partial charge in [0.25, 0.3) is 0 Å². The lowest BCUT2D eigenvalue weighted by Gasteiger charge is -2.39. The molecule has 0 bridgehead atoms. The highest BCUT2D eigenvalue weighted by atomic mass is 16.5. The lowest BCUT2D eigenvalue weighted by molar-refractivity contribution is -0.183. The Hall–Kier alpha value is -0.200. The number of hydrogen-bond acceptors (Lipinski definition) is 5. The molecule has 5 nitrogen and oxygen atoms in total. The fourth-order valence-electron chi connectivity index (χ4n) is 1.32. The monoisotopic (exact) mass is 177 g/mol. The summed E-state index contributed by atoms with van der Waals surface area (Å²) < 4.78 is 5.15. The summed E-state index contributed by atoms with van der Waals surface area (Å²) in [6, 6.07) is -0.595. The van der Waals surface area contributed by atoms with Gasteiger partial charge in [-0.3, -0.25) is 0 Å². The van der Waals surface area contributed by atoms with Gasteiger partial charge in [-0.1, -0.05) is 0 Å². The maximum atomic E-state index is 9.35. The van der Waals surface area contributed by atoms with E-state index in [2.05, 4.69) is 0 Å². The molecule has 12 heavy (non-hydrogen) atoms. The zero-order valence-electron chi connectivity index (χ0n) is 6.92. The van der Waals surface area contributed by atoms with Gasteiger partial charge in [-0.05, 0) is 6.92 Å². The van der Waals surface area contributed by atoms with Crippen molar-refractivity contribution in [3.63, 3.8) is 0 Å². The molecule has 0 aliphatic carbocycles. The predicted molar refractivity (Wildman–Crippen MR) is 41.4 cm³/mol. The van der Waals surface area contributed by atoms with E-state index >= 15 is 0 Å². The topological polar surface area (TPSA) is 95.9 Å². The third-order valence-electron chi connectivity index (χ3n) is 2.24. The van der Waals surface area contributed by atoms with Gasteiger partial charge in [0.2, 0.25) is 0 Å². The molecular formula is C7H15NO4. The van der Waals surface area contributed by atoms with E-state index in [1.54, 1.807) is 6.92 Å². The van der Waals surface area contributed by atoms with E-state index in [0.717, 1.165) is 0 Å². The third kappa shape index (κ3) is 1.60. The van der Waals surface area contributed by atoms with Gasteiger partial charge in [0, 0.05) is 0 Å². The molecule has 0 saturated carbocycles. The summed E-state index contributed by atoms with van der Waals surface area (Å²) in [4.78, 5) is 0. The maximum absolute atomic E-state index is 9.35. The van der Waals surface area contributed by atoms with Crippen molar-refractivity contribution in [2.45, 2.75) is 37.4 Å². The van der Waals surface area contributed by atoms with Crippen LogP contribution in [0.2, 0.25) is 0 Å². The minimum Gasteiger partial charge on any atom is -0.394 e. The third-order valence-corrected chi connectivity index (χ3v) is 2.24. The van der Waals surface area contributed by atoms with Crippen molar-refractivity contribution in [2.24, 2.45) is 5.73 Å². The largest absolute Gasteiger partial charge is 0.394 e. The molecule has 5 N–H and O–H groups in total. The number of nitrogens with two attached hydrogens (primary N) is 1. The summed E-state index contributed by atoms with van der Waals surface area (Å²) >= 11 is 0. The van der Waals surface area contributed by atoms with Crippen LogP contribution in [0.4, 0.5) is 0 Å². The van der Waals surface area contributed by atoms with Crippen molar-refractivity contribution in [3.05, 3.63) is 0 Å². The Bertz CT molecular complexity index is 150. The molecule has 1 aliphatic rings. The van der Waals surface area contributed by atoms with E-state index in [-0.39, 0.29) is 12.7 Å². The van der Waals surface area contributed by atoms with E-state index in [0.29, 0.717) is 0 Å². The zero-order chi connectivity index (χ0) is 9.30. The second-order valence-corrected chi connectivity index (χ2v) is 3.12. The first-order valence-corrected chi connectivity index (χ1v) is 3.96. The molecule has 0 spiro atoms. The zero-order valence-corrected chi connectivity index (χ0v) is 6.92. The Balaban J connectivity index is 2.63. The Morgan fingerprint density at radius 1 is 1.33 bits per heavy atom. The van der Waals surface area contributed by atoms with Crippen LogP contribution in [0.25, 0.3) is 0 Å². The van der Waals surface area contributed by atoms with Crippen molar-refractivity contribution in [1.29, 1.82) is 0 Å². The number of aliphatic hydroxyl groups excluding tert-OH is 3. The van der Waals surface area contributed by atoms with Crippen molar-refractivity contribution in [1.82, 2.24) is 0 Å². The van der Waals surface area contributed by atoms with Crippen LogP contribution in [0.1, 0.15) is 6.92 Å². The van der Waals surface area contributed by atoms with Gasteiger partial charge in [0.05, 0.1) is 18.8 Å². The highest BCUT2D eigenvalue weighted by Crippen LogP contribution is 2.18. The van der Waals surface area contributed by atoms with Gasteiger partial charge in [0.1, 0.15) is 18.3 Å². The standard InChI is InChI=1S/C7H15NO4/c1-3-5(8)7(11)6(10)4(2-9)12-3/h3-7,9-11H,2,8H2,1H3/t3-,4?,5?,6?,7?/m0/s1. The molecule has 1 saturated heterocycles. The van der Waals surface area contributed by atoms with Crippen molar-refractivity contribution in [3.8, 4) is 0 Å². The summed E-state index contributed by atoms with van der Waals surface area (Å²) in [7, 11) is 0. The minimum atomic E-state index is -1.10. The molecule has 1 heterocycles. The highest BCUT2D eigenvalue weighted by molar-refractivity contribution is 4.92. The summed E-state index contributed by atoms with van der Waals surface area (Å²) in [6.45, 7) is 1.39. The molecule has 1 aliphatic heterocycles. The summed E-state index contributed by atoms with van der Waals surface area (Å²) in [5.41, 5.74) is 5.51. The Morgan fingerprint density at radius 3 is 2.42 bits per heavy atom. The van der Waals surface area contributed by atoms with Gasteiger partial charge in [-0.2, -0.15) is 0 Å². The average Bonchev–Trinajstić information content (AvgIpc) is 2.08. The van der Waals surface area contributed by atoms with Gasteiger partial charge >= 0.3 is 0 Å². The van der Waals surface area contributed by atoms with Crippen LogP contribution in [-0.4, -0.2) is 52.4 Å². The lowest BCUT2D eigenvalue weighted by atomic mass is 9.94. The van der Waals surface area contributed by atoms with Crippen LogP contribution in [0.5, 0.6) is 0 Å². The Morgan fingerprint density at radius 2 is 1.92 bits per heavy atom. The molecule has 0 amide bonds. The van der Waals surface area contributed by atoms with Gasteiger partial charge in [-0.25, -0.2) is 0 Å². The van der Waals surface area contributed by atoms with Crippen LogP contribution < -0.4 is 5.73 Å². The molecule has 0 aromatic rings. The minimum absolute atomic E-state index is 0.310. The van der Waals surface area contributed by atoms with Crippen molar-refractivity contribution in [2.75, 3.05) is 6.61 Å². The van der Waals surface area contributed by atoms with Crippen LogP contribution in [0, 0.1) is 0 Å². The van der Waals surface area contributed by atoms with E-state index < -0.39 is 24.4 Å². The van der Waals surface area contributed by atoms with E-state index in [1.807, 2.05) is 0 Å². The normalized spacial score (nSPS) is 49.2. The first-order chi connectivity index (χ1) is 5.57. The van der Waals surface area contributed by atoms with Gasteiger partial charge < -0.3 is 25.8 Å². The van der Waals surface area contributed by atoms with E-state index in [4.69, 9.17) is 15.6 Å². The fraction of sp³-hybridized carbons (Fsp3) is 1.00. The lowest BCUT2D eigenvalue weighted by Crippen LogP contribution is -2.60. The van der Waals surface area contributed by atoms with Gasteiger partial charge in [-0.15, -0.1) is 0 Å². The number of ether oxygens (including phenoxy) is 1. The fourth-order valence-corrected chi connectivity index (χ4v) is 1.32. The smallest absolute Gasteiger partial charge is 0.110 e. The van der Waals surface area contributed by atoms with Crippen molar-refractivity contribution >= 4 is 0 Å². The Kier molecular flexibility index (Phi) is 3.03. The molecule has 72 valence electrons. The van der Waals surface area contributed by atoms with Crippen LogP contribution in [0.15, 0.2) is 0 Å². The van der Waals surface area contributed by atoms with Gasteiger partial charge in [0.15, 0.2) is 0 Å². The molecule has 1 fully saturated rings. The summed E-state index contributed by atoms with van der Waals surface area (Å²) in [5.74, 6) is 0. The maximum Gasteiger partial charge on any atom is 0.110 e. The van der Waals surface area contributed by atoms with Crippen molar-refractivity contribution < 1.29 is 20.1 Å². The van der Waals surface area contributed by atoms with Crippen LogP contribution in [0.3, 0.4) is 0 Å². The second-order valence-electron chi connectivity index (χ2n) is 3.12. The van der Waals surface area contributed by atoms with E-state index in [9.17, 15) is 10.2 Å². The molecule has 5 atom stereocenters. The number of aliphatic hydroxyl groups is 3. The SMILES string of the molecule is C[C@@H]1OC(CO)C(O)C(O)C1N. The highest BCUT2D eigenvalue weighted by Gasteiger charge is 2.40. The first-order valence-electron chi connectivity index (χ1n) is 3.96. The predicted octanol–water partition coefficient (Wildman–Crippen LogP) is -2.18. The molecule has 4 unspecified atom stereocenters. The molecular weight excluding hydrogens is 162 g/mol. The molecule has 0 radical (unpaired) electrons. The summed E-state index contributed by atoms with van der Waals surface area (Å²) in [5, 5.41) is 27.4. The molecule has 5 heteroatoms. The van der Waals surface area contributed by atoms with Crippen LogP contribution in [-0.2, 0) is 4.74 Å². The number of hydrogen-bond donors (Lipinski definition) is 4. The quantitative estimate of drug-likeness (QED) is 0.365. The Labute approximate surface area is 70.8 Å². The summed E-state index contributed by atoms with van der Waals surface area (Å²) in [6.07, 6.45) is -3.19.